The summed E-state index contributed by atoms with van der Waals surface area (Å²) in [6, 6.07) is 13.5. The molecule has 0 aliphatic rings. The van der Waals surface area contributed by atoms with Gasteiger partial charge in [0.25, 0.3) is 5.91 Å². The summed E-state index contributed by atoms with van der Waals surface area (Å²) in [5.41, 5.74) is 1.46. The van der Waals surface area contributed by atoms with Crippen LogP contribution in [0, 0.1) is 0 Å². The van der Waals surface area contributed by atoms with Gasteiger partial charge in [0.15, 0.2) is 5.13 Å². The maximum Gasteiger partial charge on any atom is 0.260 e. The molecule has 3 aromatic rings. The lowest BCUT2D eigenvalue weighted by Gasteiger charge is -2.22. The molecule has 0 aliphatic carbocycles. The Kier molecular flexibility index (Phi) is 8.12. The van der Waals surface area contributed by atoms with Crippen LogP contribution >= 0.6 is 35.5 Å². The summed E-state index contributed by atoms with van der Waals surface area (Å²) in [7, 11) is 5.63. The Morgan fingerprint density at radius 3 is 2.46 bits per heavy atom. The van der Waals surface area contributed by atoms with Crippen LogP contribution in [0.4, 0.5) is 5.13 Å². The zero-order chi connectivity index (χ0) is 19.4. The molecule has 0 aliphatic heterocycles. The van der Waals surface area contributed by atoms with E-state index in [2.05, 4.69) is 4.90 Å². The van der Waals surface area contributed by atoms with Gasteiger partial charge in [-0.15, -0.1) is 24.2 Å². The summed E-state index contributed by atoms with van der Waals surface area (Å²) in [5.74, 6) is 0.682. The summed E-state index contributed by atoms with van der Waals surface area (Å²) < 4.78 is 6.42. The normalized spacial score (nSPS) is 10.8. The molecule has 1 amide bonds. The highest BCUT2D eigenvalue weighted by Crippen LogP contribution is 2.34. The van der Waals surface area contributed by atoms with Crippen LogP contribution in [0.1, 0.15) is 10.4 Å². The number of hydrogen-bond acceptors (Lipinski definition) is 6. The van der Waals surface area contributed by atoms with Crippen LogP contribution in [-0.2, 0) is 0 Å². The van der Waals surface area contributed by atoms with Gasteiger partial charge in [0, 0.05) is 23.5 Å². The molecule has 0 atom stereocenters. The van der Waals surface area contributed by atoms with Gasteiger partial charge < -0.3 is 9.64 Å². The van der Waals surface area contributed by atoms with E-state index in [9.17, 15) is 4.79 Å². The van der Waals surface area contributed by atoms with Gasteiger partial charge in [-0.05, 0) is 56.7 Å². The molecule has 1 heterocycles. The minimum atomic E-state index is -0.0393. The van der Waals surface area contributed by atoms with Gasteiger partial charge in [-0.3, -0.25) is 9.69 Å². The van der Waals surface area contributed by atoms with Crippen molar-refractivity contribution < 1.29 is 9.53 Å². The molecular formula is C20H24ClN3O2S2. The fourth-order valence-corrected chi connectivity index (χ4v) is 4.08. The van der Waals surface area contributed by atoms with E-state index >= 15 is 0 Å². The number of aromatic nitrogens is 1. The number of nitrogens with zero attached hydrogens (tertiary/aromatic N) is 3. The Hall–Kier alpha value is -1.80. The first-order valence-corrected chi connectivity index (χ1v) is 10.6. The topological polar surface area (TPSA) is 45.7 Å². The molecule has 2 aromatic carbocycles. The molecular weight excluding hydrogens is 414 g/mol. The van der Waals surface area contributed by atoms with Crippen LogP contribution in [0.3, 0.4) is 0 Å². The van der Waals surface area contributed by atoms with Crippen LogP contribution in [0.2, 0.25) is 0 Å². The molecule has 28 heavy (non-hydrogen) atoms. The number of amides is 1. The Bertz CT molecular complexity index is 929. The van der Waals surface area contributed by atoms with Gasteiger partial charge in [0.05, 0.1) is 11.8 Å². The Balaban J connectivity index is 0.00000280. The number of thiazole rings is 1. The summed E-state index contributed by atoms with van der Waals surface area (Å²) in [4.78, 5) is 22.9. The SMILES string of the molecule is COc1cccc2sc(N(CCN(C)C)C(=O)c3ccc(SC)cc3)nc12.Cl. The van der Waals surface area contributed by atoms with E-state index in [-0.39, 0.29) is 18.3 Å². The first kappa shape index (κ1) is 22.5. The average Bonchev–Trinajstić information content (AvgIpc) is 3.11. The van der Waals surface area contributed by atoms with E-state index in [1.807, 2.05) is 62.8 Å². The van der Waals surface area contributed by atoms with Gasteiger partial charge in [-0.1, -0.05) is 17.4 Å². The summed E-state index contributed by atoms with van der Waals surface area (Å²) in [6.07, 6.45) is 2.02. The van der Waals surface area contributed by atoms with Crippen molar-refractivity contribution in [2.24, 2.45) is 0 Å². The second-order valence-corrected chi connectivity index (χ2v) is 8.18. The van der Waals surface area contributed by atoms with Gasteiger partial charge in [0.1, 0.15) is 11.3 Å². The van der Waals surface area contributed by atoms with Crippen LogP contribution in [0.25, 0.3) is 10.2 Å². The van der Waals surface area contributed by atoms with Crippen molar-refractivity contribution >= 4 is 56.8 Å². The van der Waals surface area contributed by atoms with Crippen molar-refractivity contribution in [3.05, 3.63) is 48.0 Å². The highest BCUT2D eigenvalue weighted by Gasteiger charge is 2.22. The number of hydrogen-bond donors (Lipinski definition) is 0. The number of rotatable bonds is 7. The zero-order valence-corrected chi connectivity index (χ0v) is 18.8. The van der Waals surface area contributed by atoms with Gasteiger partial charge in [0.2, 0.25) is 0 Å². The number of thioether (sulfide) groups is 1. The van der Waals surface area contributed by atoms with Crippen LogP contribution < -0.4 is 9.64 Å². The standard InChI is InChI=1S/C20H23N3O2S2.ClH/c1-22(2)12-13-23(19(24)14-8-10-15(26-4)11-9-14)20-21-18-16(25-3)6-5-7-17(18)27-20;/h5-11H,12-13H2,1-4H3;1H. The summed E-state index contributed by atoms with van der Waals surface area (Å²) in [6.45, 7) is 1.32. The number of benzene rings is 2. The first-order chi connectivity index (χ1) is 13.0. The van der Waals surface area contributed by atoms with E-state index in [4.69, 9.17) is 9.72 Å². The van der Waals surface area contributed by atoms with Crippen molar-refractivity contribution in [2.45, 2.75) is 4.90 Å². The molecule has 0 saturated heterocycles. The molecule has 0 radical (unpaired) electrons. The predicted molar refractivity (Wildman–Crippen MR) is 122 cm³/mol. The fourth-order valence-electron chi connectivity index (χ4n) is 2.67. The molecule has 0 fully saturated rings. The van der Waals surface area contributed by atoms with Crippen molar-refractivity contribution in [1.29, 1.82) is 0 Å². The van der Waals surface area contributed by atoms with Gasteiger partial charge >= 0.3 is 0 Å². The number of carbonyl (C=O) groups excluding carboxylic acids is 1. The van der Waals surface area contributed by atoms with Gasteiger partial charge in [-0.2, -0.15) is 0 Å². The average molecular weight is 438 g/mol. The number of methoxy groups -OCH3 is 1. The van der Waals surface area contributed by atoms with E-state index in [0.717, 1.165) is 27.4 Å². The minimum absolute atomic E-state index is 0. The second-order valence-electron chi connectivity index (χ2n) is 6.29. The highest BCUT2D eigenvalue weighted by atomic mass is 35.5. The lowest BCUT2D eigenvalue weighted by molar-refractivity contribution is 0.0985. The van der Waals surface area contributed by atoms with Crippen molar-refractivity contribution in [3.8, 4) is 5.75 Å². The molecule has 0 N–H and O–H groups in total. The second kappa shape index (κ2) is 10.1. The number of fused-ring (bicyclic) bond motifs is 1. The lowest BCUT2D eigenvalue weighted by atomic mass is 10.2. The highest BCUT2D eigenvalue weighted by molar-refractivity contribution is 7.98. The zero-order valence-electron chi connectivity index (χ0n) is 16.3. The molecule has 0 unspecified atom stereocenters. The van der Waals surface area contributed by atoms with E-state index < -0.39 is 0 Å². The van der Waals surface area contributed by atoms with E-state index in [1.54, 1.807) is 23.8 Å². The monoisotopic (exact) mass is 437 g/mol. The predicted octanol–water partition coefficient (Wildman–Crippen LogP) is 4.66. The largest absolute Gasteiger partial charge is 0.494 e. The van der Waals surface area contributed by atoms with Crippen molar-refractivity contribution in [1.82, 2.24) is 9.88 Å². The van der Waals surface area contributed by atoms with E-state index in [1.165, 1.54) is 11.3 Å². The first-order valence-electron chi connectivity index (χ1n) is 8.57. The van der Waals surface area contributed by atoms with Crippen molar-refractivity contribution in [2.75, 3.05) is 45.5 Å². The maximum atomic E-state index is 13.2. The Morgan fingerprint density at radius 1 is 1.14 bits per heavy atom. The number of anilines is 1. The van der Waals surface area contributed by atoms with E-state index in [0.29, 0.717) is 17.2 Å². The number of para-hydroxylation sites is 1. The molecule has 0 bridgehead atoms. The quantitative estimate of drug-likeness (QED) is 0.503. The number of halogens is 1. The smallest absolute Gasteiger partial charge is 0.260 e. The Labute approximate surface area is 180 Å². The summed E-state index contributed by atoms with van der Waals surface area (Å²) in [5, 5.41) is 0.690. The van der Waals surface area contributed by atoms with Crippen molar-refractivity contribution in [3.63, 3.8) is 0 Å². The lowest BCUT2D eigenvalue weighted by Crippen LogP contribution is -2.36. The molecule has 150 valence electrons. The minimum Gasteiger partial charge on any atom is -0.494 e. The van der Waals surface area contributed by atoms with Gasteiger partial charge in [-0.25, -0.2) is 4.98 Å². The maximum absolute atomic E-state index is 13.2. The molecule has 1 aromatic heterocycles. The third-order valence-corrected chi connectivity index (χ3v) is 5.96. The van der Waals surface area contributed by atoms with Crippen LogP contribution in [-0.4, -0.2) is 56.3 Å². The number of carbonyl (C=O) groups is 1. The third kappa shape index (κ3) is 4.97. The fraction of sp³-hybridized carbons (Fsp3) is 0.300. The summed E-state index contributed by atoms with van der Waals surface area (Å²) >= 11 is 3.17. The Morgan fingerprint density at radius 2 is 1.86 bits per heavy atom. The van der Waals surface area contributed by atoms with Crippen LogP contribution in [0.15, 0.2) is 47.4 Å². The molecule has 0 spiro atoms. The molecule has 8 heteroatoms. The number of ether oxygens (including phenoxy) is 1. The molecule has 5 nitrogen and oxygen atoms in total. The molecule has 0 saturated carbocycles. The number of likely N-dealkylation sites (N-methyl/N-ethyl adjacent to an activating group) is 1. The van der Waals surface area contributed by atoms with Crippen LogP contribution in [0.5, 0.6) is 5.75 Å². The third-order valence-electron chi connectivity index (χ3n) is 4.17. The molecule has 3 rings (SSSR count).